The van der Waals surface area contributed by atoms with E-state index in [1.807, 2.05) is 47.4 Å². The highest BCUT2D eigenvalue weighted by Crippen LogP contribution is 2.29. The van der Waals surface area contributed by atoms with Gasteiger partial charge in [-0.3, -0.25) is 9.59 Å². The quantitative estimate of drug-likeness (QED) is 0.725. The Balaban J connectivity index is 1.37. The lowest BCUT2D eigenvalue weighted by molar-refractivity contribution is -0.147. The number of para-hydroxylation sites is 1. The standard InChI is InChI=1S/C25H30N2O3/c28-24(27-18-7-6-13-22(27)25(29)26-16-8-9-17-26)15-19-30-23-14-5-4-12-21(23)20-10-2-1-3-11-20/h1-5,10-12,14,22H,6-9,13,15-19H2. The summed E-state index contributed by atoms with van der Waals surface area (Å²) in [6.45, 7) is 2.64. The van der Waals surface area contributed by atoms with E-state index < -0.39 is 0 Å². The molecule has 1 atom stereocenters. The number of benzene rings is 2. The van der Waals surface area contributed by atoms with Crippen molar-refractivity contribution in [1.82, 2.24) is 9.80 Å². The van der Waals surface area contributed by atoms with Gasteiger partial charge < -0.3 is 14.5 Å². The Labute approximate surface area is 178 Å². The minimum absolute atomic E-state index is 0.0180. The summed E-state index contributed by atoms with van der Waals surface area (Å²) in [5, 5.41) is 0. The molecule has 0 radical (unpaired) electrons. The van der Waals surface area contributed by atoms with Gasteiger partial charge in [0.1, 0.15) is 11.8 Å². The minimum atomic E-state index is -0.291. The number of amides is 2. The van der Waals surface area contributed by atoms with Gasteiger partial charge in [0.15, 0.2) is 0 Å². The Kier molecular flexibility index (Phi) is 6.67. The molecule has 2 aromatic rings. The van der Waals surface area contributed by atoms with Gasteiger partial charge in [0.2, 0.25) is 11.8 Å². The van der Waals surface area contributed by atoms with Gasteiger partial charge >= 0.3 is 0 Å². The molecule has 2 aromatic carbocycles. The number of carbonyl (C=O) groups excluding carboxylic acids is 2. The summed E-state index contributed by atoms with van der Waals surface area (Å²) >= 11 is 0. The van der Waals surface area contributed by atoms with Gasteiger partial charge in [-0.25, -0.2) is 0 Å². The topological polar surface area (TPSA) is 49.9 Å². The molecule has 0 saturated carbocycles. The molecule has 2 heterocycles. The van der Waals surface area contributed by atoms with Crippen LogP contribution in [-0.2, 0) is 9.59 Å². The van der Waals surface area contributed by atoms with Crippen molar-refractivity contribution in [2.24, 2.45) is 0 Å². The van der Waals surface area contributed by atoms with E-state index in [2.05, 4.69) is 12.1 Å². The first-order chi connectivity index (χ1) is 14.7. The number of nitrogens with zero attached hydrogens (tertiary/aromatic N) is 2. The number of rotatable bonds is 6. The molecular weight excluding hydrogens is 376 g/mol. The summed E-state index contributed by atoms with van der Waals surface area (Å²) in [6.07, 6.45) is 5.18. The van der Waals surface area contributed by atoms with Crippen LogP contribution in [0.25, 0.3) is 11.1 Å². The van der Waals surface area contributed by atoms with E-state index in [1.54, 1.807) is 4.90 Å². The van der Waals surface area contributed by atoms with Crippen LogP contribution in [0, 0.1) is 0 Å². The average Bonchev–Trinajstić information content (AvgIpc) is 3.34. The Bertz CT molecular complexity index is 862. The van der Waals surface area contributed by atoms with Crippen LogP contribution in [0.15, 0.2) is 54.6 Å². The first-order valence-corrected chi connectivity index (χ1v) is 11.1. The lowest BCUT2D eigenvalue weighted by Gasteiger charge is -2.36. The summed E-state index contributed by atoms with van der Waals surface area (Å²) in [5.74, 6) is 0.931. The number of carbonyl (C=O) groups is 2. The van der Waals surface area contributed by atoms with E-state index >= 15 is 0 Å². The lowest BCUT2D eigenvalue weighted by atomic mass is 10.0. The lowest BCUT2D eigenvalue weighted by Crippen LogP contribution is -2.52. The highest BCUT2D eigenvalue weighted by molar-refractivity contribution is 5.88. The fourth-order valence-corrected chi connectivity index (χ4v) is 4.48. The van der Waals surface area contributed by atoms with Crippen LogP contribution >= 0.6 is 0 Å². The Morgan fingerprint density at radius 2 is 1.57 bits per heavy atom. The van der Waals surface area contributed by atoms with Crippen LogP contribution in [0.2, 0.25) is 0 Å². The molecule has 158 valence electrons. The van der Waals surface area contributed by atoms with Gasteiger partial charge in [-0.2, -0.15) is 0 Å². The second-order valence-corrected chi connectivity index (χ2v) is 8.09. The van der Waals surface area contributed by atoms with Gasteiger partial charge in [-0.15, -0.1) is 0 Å². The molecule has 2 aliphatic heterocycles. The molecule has 0 spiro atoms. The predicted octanol–water partition coefficient (Wildman–Crippen LogP) is 4.13. The number of piperidine rings is 1. The summed E-state index contributed by atoms with van der Waals surface area (Å²) in [7, 11) is 0. The van der Waals surface area contributed by atoms with Crippen molar-refractivity contribution in [2.75, 3.05) is 26.2 Å². The summed E-state index contributed by atoms with van der Waals surface area (Å²) in [5.41, 5.74) is 2.11. The molecular formula is C25H30N2O3. The van der Waals surface area contributed by atoms with E-state index in [-0.39, 0.29) is 24.3 Å². The van der Waals surface area contributed by atoms with E-state index in [1.165, 1.54) is 0 Å². The molecule has 0 aliphatic carbocycles. The zero-order valence-electron chi connectivity index (χ0n) is 17.5. The maximum atomic E-state index is 12.9. The normalized spacial score (nSPS) is 19.0. The Hall–Kier alpha value is -2.82. The van der Waals surface area contributed by atoms with Crippen molar-refractivity contribution in [2.45, 2.75) is 44.6 Å². The summed E-state index contributed by atoms with van der Waals surface area (Å²) in [6, 6.07) is 17.7. The van der Waals surface area contributed by atoms with Crippen LogP contribution in [0.3, 0.4) is 0 Å². The molecule has 5 heteroatoms. The van der Waals surface area contributed by atoms with Gasteiger partial charge in [0.05, 0.1) is 13.0 Å². The van der Waals surface area contributed by atoms with E-state index in [9.17, 15) is 9.59 Å². The molecule has 30 heavy (non-hydrogen) atoms. The third-order valence-corrected chi connectivity index (χ3v) is 6.07. The third kappa shape index (κ3) is 4.66. The molecule has 0 N–H and O–H groups in total. The van der Waals surface area contributed by atoms with Crippen LogP contribution < -0.4 is 4.74 Å². The molecule has 0 bridgehead atoms. The molecule has 5 nitrogen and oxygen atoms in total. The highest BCUT2D eigenvalue weighted by atomic mass is 16.5. The Morgan fingerprint density at radius 3 is 2.37 bits per heavy atom. The highest BCUT2D eigenvalue weighted by Gasteiger charge is 2.35. The molecule has 2 saturated heterocycles. The number of likely N-dealkylation sites (tertiary alicyclic amines) is 2. The van der Waals surface area contributed by atoms with Crippen molar-refractivity contribution in [3.63, 3.8) is 0 Å². The fourth-order valence-electron chi connectivity index (χ4n) is 4.48. The van der Waals surface area contributed by atoms with Crippen molar-refractivity contribution in [3.8, 4) is 16.9 Å². The molecule has 2 fully saturated rings. The van der Waals surface area contributed by atoms with Crippen LogP contribution in [-0.4, -0.2) is 53.9 Å². The van der Waals surface area contributed by atoms with E-state index in [0.717, 1.165) is 62.1 Å². The molecule has 2 amide bonds. The number of hydrogen-bond acceptors (Lipinski definition) is 3. The largest absolute Gasteiger partial charge is 0.492 e. The van der Waals surface area contributed by atoms with Crippen LogP contribution in [0.4, 0.5) is 0 Å². The average molecular weight is 407 g/mol. The van der Waals surface area contributed by atoms with Crippen molar-refractivity contribution < 1.29 is 14.3 Å². The molecule has 1 unspecified atom stereocenters. The SMILES string of the molecule is O=C(C1CCCCN1C(=O)CCOc1ccccc1-c1ccccc1)N1CCCC1. The smallest absolute Gasteiger partial charge is 0.245 e. The summed E-state index contributed by atoms with van der Waals surface area (Å²) < 4.78 is 6.01. The van der Waals surface area contributed by atoms with Gasteiger partial charge in [-0.05, 0) is 43.7 Å². The number of hydrogen-bond donors (Lipinski definition) is 0. The second kappa shape index (κ2) is 9.79. The van der Waals surface area contributed by atoms with Gasteiger partial charge in [0.25, 0.3) is 0 Å². The molecule has 4 rings (SSSR count). The maximum Gasteiger partial charge on any atom is 0.245 e. The molecule has 2 aliphatic rings. The predicted molar refractivity (Wildman–Crippen MR) is 117 cm³/mol. The number of ether oxygens (including phenoxy) is 1. The van der Waals surface area contributed by atoms with Crippen molar-refractivity contribution in [1.29, 1.82) is 0 Å². The van der Waals surface area contributed by atoms with E-state index in [4.69, 9.17) is 4.74 Å². The maximum absolute atomic E-state index is 12.9. The zero-order chi connectivity index (χ0) is 20.8. The van der Waals surface area contributed by atoms with Crippen LogP contribution in [0.1, 0.15) is 38.5 Å². The first kappa shape index (κ1) is 20.5. The Morgan fingerprint density at radius 1 is 0.867 bits per heavy atom. The van der Waals surface area contributed by atoms with Gasteiger partial charge in [0, 0.05) is 25.2 Å². The van der Waals surface area contributed by atoms with Crippen molar-refractivity contribution >= 4 is 11.8 Å². The fraction of sp³-hybridized carbons (Fsp3) is 0.440. The second-order valence-electron chi connectivity index (χ2n) is 8.09. The molecule has 0 aromatic heterocycles. The van der Waals surface area contributed by atoms with Gasteiger partial charge in [-0.1, -0.05) is 48.5 Å². The summed E-state index contributed by atoms with van der Waals surface area (Å²) in [4.78, 5) is 29.6. The van der Waals surface area contributed by atoms with Crippen molar-refractivity contribution in [3.05, 3.63) is 54.6 Å². The first-order valence-electron chi connectivity index (χ1n) is 11.1. The van der Waals surface area contributed by atoms with E-state index in [0.29, 0.717) is 13.2 Å². The monoisotopic (exact) mass is 406 g/mol. The van der Waals surface area contributed by atoms with Crippen LogP contribution in [0.5, 0.6) is 5.75 Å². The zero-order valence-corrected chi connectivity index (χ0v) is 17.5. The third-order valence-electron chi connectivity index (χ3n) is 6.07. The minimum Gasteiger partial charge on any atom is -0.492 e.